The molecular weight excluding hydrogens is 174 g/mol. The van der Waals surface area contributed by atoms with E-state index in [0.717, 1.165) is 18.8 Å². The average molecular weight is 193 g/mol. The lowest BCUT2D eigenvalue weighted by molar-refractivity contribution is 0.395. The fourth-order valence-corrected chi connectivity index (χ4v) is 1.40. The molecule has 1 aromatic rings. The third-order valence-electron chi connectivity index (χ3n) is 2.14. The van der Waals surface area contributed by atoms with Crippen molar-refractivity contribution in [1.29, 1.82) is 0 Å². The summed E-state index contributed by atoms with van der Waals surface area (Å²) in [4.78, 5) is 8.56. The monoisotopic (exact) mass is 193 g/mol. The molecule has 0 spiro atoms. The van der Waals surface area contributed by atoms with Gasteiger partial charge in [0.15, 0.2) is 0 Å². The van der Waals surface area contributed by atoms with E-state index >= 15 is 0 Å². The molecule has 0 bridgehead atoms. The van der Waals surface area contributed by atoms with Gasteiger partial charge in [0, 0.05) is 12.4 Å². The molecule has 0 amide bonds. The lowest BCUT2D eigenvalue weighted by Crippen LogP contribution is -2.28. The van der Waals surface area contributed by atoms with E-state index in [2.05, 4.69) is 36.1 Å². The largest absolute Gasteiger partial charge is 0.307 e. The first-order valence-electron chi connectivity index (χ1n) is 5.26. The molecule has 0 saturated heterocycles. The van der Waals surface area contributed by atoms with Crippen LogP contribution in [0.25, 0.3) is 0 Å². The van der Waals surface area contributed by atoms with E-state index in [4.69, 9.17) is 0 Å². The third-order valence-corrected chi connectivity index (χ3v) is 2.14. The molecule has 1 unspecified atom stereocenters. The van der Waals surface area contributed by atoms with Crippen molar-refractivity contribution < 1.29 is 0 Å². The van der Waals surface area contributed by atoms with Crippen LogP contribution < -0.4 is 5.32 Å². The van der Waals surface area contributed by atoms with Crippen LogP contribution >= 0.6 is 0 Å². The molecule has 0 fully saturated rings. The molecule has 1 N–H and O–H groups in total. The van der Waals surface area contributed by atoms with Gasteiger partial charge in [0.1, 0.15) is 5.82 Å². The summed E-state index contributed by atoms with van der Waals surface area (Å²) in [7, 11) is 0. The Morgan fingerprint density at radius 3 is 2.43 bits per heavy atom. The fraction of sp³-hybridized carbons (Fsp3) is 0.636. The second kappa shape index (κ2) is 5.70. The average Bonchev–Trinajstić information content (AvgIpc) is 2.19. The molecule has 0 radical (unpaired) electrons. The quantitative estimate of drug-likeness (QED) is 0.778. The normalized spacial score (nSPS) is 13.1. The lowest BCUT2D eigenvalue weighted by atomic mass is 10.0. The van der Waals surface area contributed by atoms with Gasteiger partial charge in [-0.2, -0.15) is 0 Å². The van der Waals surface area contributed by atoms with Gasteiger partial charge in [0.05, 0.1) is 6.04 Å². The number of nitrogens with one attached hydrogen (secondary N) is 1. The van der Waals surface area contributed by atoms with Gasteiger partial charge in [-0.25, -0.2) is 9.97 Å². The molecule has 1 aromatic heterocycles. The first kappa shape index (κ1) is 11.1. The van der Waals surface area contributed by atoms with Gasteiger partial charge in [-0.3, -0.25) is 0 Å². The smallest absolute Gasteiger partial charge is 0.145 e. The van der Waals surface area contributed by atoms with E-state index in [1.54, 1.807) is 12.4 Å². The summed E-state index contributed by atoms with van der Waals surface area (Å²) in [5, 5.41) is 3.46. The molecule has 0 aliphatic carbocycles. The summed E-state index contributed by atoms with van der Waals surface area (Å²) in [6.45, 7) is 7.55. The van der Waals surface area contributed by atoms with Crippen LogP contribution in [0.15, 0.2) is 18.5 Å². The molecule has 3 heteroatoms. The van der Waals surface area contributed by atoms with Gasteiger partial charge in [-0.15, -0.1) is 0 Å². The Morgan fingerprint density at radius 1 is 1.29 bits per heavy atom. The van der Waals surface area contributed by atoms with Crippen molar-refractivity contribution in [2.24, 2.45) is 5.92 Å². The highest BCUT2D eigenvalue weighted by Gasteiger charge is 2.16. The van der Waals surface area contributed by atoms with Crippen molar-refractivity contribution in [1.82, 2.24) is 15.3 Å². The van der Waals surface area contributed by atoms with Crippen LogP contribution in [0.3, 0.4) is 0 Å². The van der Waals surface area contributed by atoms with Gasteiger partial charge in [0.2, 0.25) is 0 Å². The number of rotatable bonds is 5. The maximum Gasteiger partial charge on any atom is 0.145 e. The molecule has 0 aromatic carbocycles. The topological polar surface area (TPSA) is 37.8 Å². The Balaban J connectivity index is 2.68. The first-order chi connectivity index (χ1) is 6.75. The van der Waals surface area contributed by atoms with E-state index in [-0.39, 0.29) is 6.04 Å². The fourth-order valence-electron chi connectivity index (χ4n) is 1.40. The van der Waals surface area contributed by atoms with E-state index < -0.39 is 0 Å². The van der Waals surface area contributed by atoms with Crippen LogP contribution in [0, 0.1) is 5.92 Å². The minimum atomic E-state index is 0.274. The van der Waals surface area contributed by atoms with Gasteiger partial charge in [-0.1, -0.05) is 20.8 Å². The molecule has 1 heterocycles. The summed E-state index contributed by atoms with van der Waals surface area (Å²) >= 11 is 0. The summed E-state index contributed by atoms with van der Waals surface area (Å²) < 4.78 is 0. The van der Waals surface area contributed by atoms with Gasteiger partial charge < -0.3 is 5.32 Å². The number of hydrogen-bond donors (Lipinski definition) is 1. The van der Waals surface area contributed by atoms with E-state index in [9.17, 15) is 0 Å². The van der Waals surface area contributed by atoms with Gasteiger partial charge >= 0.3 is 0 Å². The highest BCUT2D eigenvalue weighted by Crippen LogP contribution is 2.16. The minimum Gasteiger partial charge on any atom is -0.307 e. The minimum absolute atomic E-state index is 0.274. The van der Waals surface area contributed by atoms with Crippen molar-refractivity contribution >= 4 is 0 Å². The molecular formula is C11H19N3. The Hall–Kier alpha value is -0.960. The van der Waals surface area contributed by atoms with Crippen molar-refractivity contribution in [3.63, 3.8) is 0 Å². The standard InChI is InChI=1S/C11H19N3/c1-4-6-12-10(9(2)3)11-13-7-5-8-14-11/h5,7-10,12H,4,6H2,1-3H3. The first-order valence-corrected chi connectivity index (χ1v) is 5.26. The Kier molecular flexibility index (Phi) is 4.53. The predicted octanol–water partition coefficient (Wildman–Crippen LogP) is 2.17. The summed E-state index contributed by atoms with van der Waals surface area (Å²) in [6, 6.07) is 2.12. The van der Waals surface area contributed by atoms with Crippen molar-refractivity contribution in [2.75, 3.05) is 6.54 Å². The maximum atomic E-state index is 4.28. The zero-order chi connectivity index (χ0) is 10.4. The zero-order valence-electron chi connectivity index (χ0n) is 9.20. The predicted molar refractivity (Wildman–Crippen MR) is 57.9 cm³/mol. The van der Waals surface area contributed by atoms with Crippen molar-refractivity contribution in [3.8, 4) is 0 Å². The molecule has 1 atom stereocenters. The van der Waals surface area contributed by atoms with Crippen LogP contribution in [-0.4, -0.2) is 16.5 Å². The van der Waals surface area contributed by atoms with Crippen LogP contribution in [-0.2, 0) is 0 Å². The summed E-state index contributed by atoms with van der Waals surface area (Å²) in [5.41, 5.74) is 0. The molecule has 0 aliphatic heterocycles. The molecule has 0 saturated carbocycles. The molecule has 78 valence electrons. The SMILES string of the molecule is CCCNC(c1ncccn1)C(C)C. The van der Waals surface area contributed by atoms with E-state index in [1.807, 2.05) is 6.07 Å². The van der Waals surface area contributed by atoms with Gasteiger partial charge in [0.25, 0.3) is 0 Å². The zero-order valence-corrected chi connectivity index (χ0v) is 9.20. The second-order valence-corrected chi connectivity index (χ2v) is 3.78. The Bertz CT molecular complexity index is 246. The highest BCUT2D eigenvalue weighted by atomic mass is 15.0. The summed E-state index contributed by atoms with van der Waals surface area (Å²) in [5.74, 6) is 1.42. The van der Waals surface area contributed by atoms with Crippen LogP contribution in [0.5, 0.6) is 0 Å². The van der Waals surface area contributed by atoms with Crippen LogP contribution in [0.1, 0.15) is 39.1 Å². The Morgan fingerprint density at radius 2 is 1.93 bits per heavy atom. The van der Waals surface area contributed by atoms with Crippen LogP contribution in [0.4, 0.5) is 0 Å². The molecule has 0 aliphatic rings. The molecule has 3 nitrogen and oxygen atoms in total. The second-order valence-electron chi connectivity index (χ2n) is 3.78. The van der Waals surface area contributed by atoms with Crippen molar-refractivity contribution in [2.45, 2.75) is 33.2 Å². The number of aromatic nitrogens is 2. The summed E-state index contributed by atoms with van der Waals surface area (Å²) in [6.07, 6.45) is 4.73. The maximum absolute atomic E-state index is 4.28. The third kappa shape index (κ3) is 3.07. The number of nitrogens with zero attached hydrogens (tertiary/aromatic N) is 2. The van der Waals surface area contributed by atoms with Crippen molar-refractivity contribution in [3.05, 3.63) is 24.3 Å². The van der Waals surface area contributed by atoms with E-state index in [0.29, 0.717) is 5.92 Å². The molecule has 1 rings (SSSR count). The van der Waals surface area contributed by atoms with Crippen LogP contribution in [0.2, 0.25) is 0 Å². The van der Waals surface area contributed by atoms with E-state index in [1.165, 1.54) is 0 Å². The number of hydrogen-bond acceptors (Lipinski definition) is 3. The highest BCUT2D eigenvalue weighted by molar-refractivity contribution is 4.96. The Labute approximate surface area is 86.0 Å². The van der Waals surface area contributed by atoms with Gasteiger partial charge in [-0.05, 0) is 24.9 Å². The molecule has 14 heavy (non-hydrogen) atoms. The lowest BCUT2D eigenvalue weighted by Gasteiger charge is -2.20.